The maximum absolute atomic E-state index is 14.0. The first-order valence-electron chi connectivity index (χ1n) is 11.3. The van der Waals surface area contributed by atoms with Crippen molar-refractivity contribution >= 4 is 5.91 Å². The molecule has 6 heteroatoms. The summed E-state index contributed by atoms with van der Waals surface area (Å²) in [5, 5.41) is 4.55. The van der Waals surface area contributed by atoms with Crippen LogP contribution in [0.4, 0.5) is 0 Å². The van der Waals surface area contributed by atoms with E-state index in [-0.39, 0.29) is 11.0 Å². The van der Waals surface area contributed by atoms with Gasteiger partial charge in [-0.05, 0) is 95.2 Å². The van der Waals surface area contributed by atoms with Crippen molar-refractivity contribution in [3.05, 3.63) is 12.7 Å². The van der Waals surface area contributed by atoms with Crippen LogP contribution in [-0.4, -0.2) is 63.7 Å². The minimum absolute atomic E-state index is 0.0429. The minimum atomic E-state index is -0.132. The normalized spacial score (nSPS) is 41.8. The molecular weight excluding hydrogens is 350 g/mol. The predicted octanol–water partition coefficient (Wildman–Crippen LogP) is 2.52. The molecule has 2 atom stereocenters. The van der Waals surface area contributed by atoms with E-state index in [1.165, 1.54) is 51.6 Å². The molecule has 0 aromatic carbocycles. The number of carbonyl (C=O) groups is 1. The molecule has 1 aromatic rings. The second-order valence-corrected chi connectivity index (χ2v) is 11.1. The Kier molecular flexibility index (Phi) is 3.61. The lowest BCUT2D eigenvalue weighted by Gasteiger charge is -2.61. The zero-order valence-corrected chi connectivity index (χ0v) is 17.1. The van der Waals surface area contributed by atoms with Gasteiger partial charge in [-0.2, -0.15) is 5.10 Å². The van der Waals surface area contributed by atoms with E-state index in [4.69, 9.17) is 0 Å². The molecule has 6 nitrogen and oxygen atoms in total. The SMILES string of the molecule is CN1CCC2(CC1)CCN(C(=O)C13C[C@@H]4C[C@@H](C1)CC(n1cncn1)(C4)C3)C2. The number of nitrogens with zero attached hydrogens (tertiary/aromatic N) is 5. The number of aromatic nitrogens is 3. The fraction of sp³-hybridized carbons (Fsp3) is 0.864. The highest BCUT2D eigenvalue weighted by Gasteiger charge is 2.63. The lowest BCUT2D eigenvalue weighted by Crippen LogP contribution is -2.61. The van der Waals surface area contributed by atoms with Gasteiger partial charge < -0.3 is 9.80 Å². The molecule has 0 unspecified atom stereocenters. The van der Waals surface area contributed by atoms with Gasteiger partial charge >= 0.3 is 0 Å². The third-order valence-corrected chi connectivity index (χ3v) is 9.16. The van der Waals surface area contributed by atoms with E-state index in [2.05, 4.69) is 31.6 Å². The molecule has 4 saturated carbocycles. The Morgan fingerprint density at radius 3 is 2.43 bits per heavy atom. The molecular formula is C22H33N5O. The molecule has 0 radical (unpaired) electrons. The Hall–Kier alpha value is -1.43. The maximum Gasteiger partial charge on any atom is 0.228 e. The van der Waals surface area contributed by atoms with Crippen LogP contribution >= 0.6 is 0 Å². The van der Waals surface area contributed by atoms with Crippen LogP contribution < -0.4 is 0 Å². The Balaban J connectivity index is 1.26. The van der Waals surface area contributed by atoms with Crippen molar-refractivity contribution in [2.75, 3.05) is 33.2 Å². The van der Waals surface area contributed by atoms with Crippen LogP contribution in [-0.2, 0) is 10.3 Å². The van der Waals surface area contributed by atoms with Gasteiger partial charge in [-0.3, -0.25) is 4.79 Å². The van der Waals surface area contributed by atoms with Crippen LogP contribution in [0.5, 0.6) is 0 Å². The lowest BCUT2D eigenvalue weighted by atomic mass is 9.46. The average molecular weight is 384 g/mol. The summed E-state index contributed by atoms with van der Waals surface area (Å²) in [6, 6.07) is 0. The van der Waals surface area contributed by atoms with E-state index in [1.54, 1.807) is 6.33 Å². The summed E-state index contributed by atoms with van der Waals surface area (Å²) >= 11 is 0. The van der Waals surface area contributed by atoms with E-state index in [9.17, 15) is 4.79 Å². The molecule has 3 heterocycles. The molecule has 1 amide bonds. The smallest absolute Gasteiger partial charge is 0.228 e. The van der Waals surface area contributed by atoms with Gasteiger partial charge in [0, 0.05) is 13.1 Å². The average Bonchev–Trinajstić information content (AvgIpc) is 3.34. The number of piperidine rings is 1. The highest BCUT2D eigenvalue weighted by molar-refractivity contribution is 5.84. The molecule has 4 aliphatic carbocycles. The van der Waals surface area contributed by atoms with Gasteiger partial charge in [-0.25, -0.2) is 9.67 Å². The molecule has 1 spiro atoms. The topological polar surface area (TPSA) is 54.3 Å². The Morgan fingerprint density at radius 2 is 1.75 bits per heavy atom. The summed E-state index contributed by atoms with van der Waals surface area (Å²) in [5.74, 6) is 1.87. The van der Waals surface area contributed by atoms with E-state index in [0.29, 0.717) is 23.2 Å². The second-order valence-electron chi connectivity index (χ2n) is 11.1. The van der Waals surface area contributed by atoms with Crippen LogP contribution in [0.15, 0.2) is 12.7 Å². The molecule has 4 bridgehead atoms. The summed E-state index contributed by atoms with van der Waals surface area (Å²) in [6.07, 6.45) is 14.2. The van der Waals surface area contributed by atoms with E-state index in [1.807, 2.05) is 6.33 Å². The Morgan fingerprint density at radius 1 is 1.04 bits per heavy atom. The maximum atomic E-state index is 14.0. The largest absolute Gasteiger partial charge is 0.342 e. The fourth-order valence-electron chi connectivity index (χ4n) is 8.13. The standard InChI is InChI=1S/C22H33N5O/c1-25-5-2-20(3-6-25)4-7-26(14-20)19(28)21-9-17-8-18(10-21)12-22(11-17,13-21)27-16-23-15-24-27/h15-18H,2-14H2,1H3/t17-,18-,21?,22?/m0/s1. The highest BCUT2D eigenvalue weighted by atomic mass is 16.2. The first kappa shape index (κ1) is 17.4. The zero-order valence-electron chi connectivity index (χ0n) is 17.1. The van der Waals surface area contributed by atoms with Gasteiger partial charge in [0.1, 0.15) is 12.7 Å². The number of amides is 1. The van der Waals surface area contributed by atoms with E-state index < -0.39 is 0 Å². The highest BCUT2D eigenvalue weighted by Crippen LogP contribution is 2.64. The zero-order chi connectivity index (χ0) is 19.0. The predicted molar refractivity (Wildman–Crippen MR) is 105 cm³/mol. The third-order valence-electron chi connectivity index (χ3n) is 9.16. The van der Waals surface area contributed by atoms with E-state index >= 15 is 0 Å². The van der Waals surface area contributed by atoms with Crippen molar-refractivity contribution in [3.8, 4) is 0 Å². The van der Waals surface area contributed by atoms with Crippen LogP contribution in [0, 0.1) is 22.7 Å². The molecule has 7 rings (SSSR count). The molecule has 1 aromatic heterocycles. The molecule has 6 fully saturated rings. The van der Waals surface area contributed by atoms with Crippen molar-refractivity contribution in [1.29, 1.82) is 0 Å². The minimum Gasteiger partial charge on any atom is -0.342 e. The van der Waals surface area contributed by atoms with Crippen molar-refractivity contribution in [2.45, 2.75) is 63.3 Å². The summed E-state index contributed by atoms with van der Waals surface area (Å²) in [6.45, 7) is 4.36. The molecule has 2 aliphatic heterocycles. The van der Waals surface area contributed by atoms with Gasteiger partial charge in [0.2, 0.25) is 5.91 Å². The molecule has 152 valence electrons. The summed E-state index contributed by atoms with van der Waals surface area (Å²) in [7, 11) is 2.23. The number of rotatable bonds is 2. The Labute approximate surface area is 167 Å². The number of hydrogen-bond acceptors (Lipinski definition) is 4. The third kappa shape index (κ3) is 2.45. The lowest BCUT2D eigenvalue weighted by molar-refractivity contribution is -0.166. The van der Waals surface area contributed by atoms with Crippen molar-refractivity contribution < 1.29 is 4.79 Å². The quantitative estimate of drug-likeness (QED) is 0.787. The van der Waals surface area contributed by atoms with E-state index in [0.717, 1.165) is 32.4 Å². The number of carbonyl (C=O) groups excluding carboxylic acids is 1. The molecule has 6 aliphatic rings. The first-order valence-corrected chi connectivity index (χ1v) is 11.3. The van der Waals surface area contributed by atoms with Gasteiger partial charge in [0.15, 0.2) is 0 Å². The number of likely N-dealkylation sites (tertiary alicyclic amines) is 2. The van der Waals surface area contributed by atoms with Crippen LogP contribution in [0.25, 0.3) is 0 Å². The Bertz CT molecular complexity index is 752. The van der Waals surface area contributed by atoms with Crippen molar-refractivity contribution in [2.24, 2.45) is 22.7 Å². The number of hydrogen-bond donors (Lipinski definition) is 0. The molecule has 28 heavy (non-hydrogen) atoms. The van der Waals surface area contributed by atoms with Crippen LogP contribution in [0.3, 0.4) is 0 Å². The van der Waals surface area contributed by atoms with Crippen molar-refractivity contribution in [3.63, 3.8) is 0 Å². The van der Waals surface area contributed by atoms with Crippen LogP contribution in [0.2, 0.25) is 0 Å². The van der Waals surface area contributed by atoms with Gasteiger partial charge in [0.25, 0.3) is 0 Å². The summed E-state index contributed by atoms with van der Waals surface area (Å²) in [5.41, 5.74) is 0.308. The first-order chi connectivity index (χ1) is 13.5. The van der Waals surface area contributed by atoms with Crippen LogP contribution in [0.1, 0.15) is 57.8 Å². The molecule has 0 N–H and O–H groups in total. The van der Waals surface area contributed by atoms with Gasteiger partial charge in [0.05, 0.1) is 11.0 Å². The summed E-state index contributed by atoms with van der Waals surface area (Å²) < 4.78 is 2.12. The van der Waals surface area contributed by atoms with Gasteiger partial charge in [-0.15, -0.1) is 0 Å². The monoisotopic (exact) mass is 383 g/mol. The molecule has 2 saturated heterocycles. The van der Waals surface area contributed by atoms with Crippen molar-refractivity contribution in [1.82, 2.24) is 24.6 Å². The second kappa shape index (κ2) is 5.80. The van der Waals surface area contributed by atoms with Gasteiger partial charge in [-0.1, -0.05) is 0 Å². The summed E-state index contributed by atoms with van der Waals surface area (Å²) in [4.78, 5) is 22.9. The fourth-order valence-corrected chi connectivity index (χ4v) is 8.13.